The highest BCUT2D eigenvalue weighted by atomic mass is 16.4. The van der Waals surface area contributed by atoms with Gasteiger partial charge < -0.3 is 4.42 Å². The Labute approximate surface area is 140 Å². The van der Waals surface area contributed by atoms with Crippen LogP contribution >= 0.6 is 0 Å². The molecule has 3 heteroatoms. The van der Waals surface area contributed by atoms with Gasteiger partial charge in [0.25, 0.3) is 0 Å². The van der Waals surface area contributed by atoms with Gasteiger partial charge in [-0.2, -0.15) is 0 Å². The van der Waals surface area contributed by atoms with Gasteiger partial charge in [-0.15, -0.1) is 10.2 Å². The molecule has 3 nitrogen and oxygen atoms in total. The van der Waals surface area contributed by atoms with Crippen LogP contribution in [-0.2, 0) is 0 Å². The Morgan fingerprint density at radius 1 is 0.542 bits per heavy atom. The zero-order chi connectivity index (χ0) is 16.4. The van der Waals surface area contributed by atoms with E-state index in [-0.39, 0.29) is 0 Å². The Bertz CT molecular complexity index is 939. The van der Waals surface area contributed by atoms with Gasteiger partial charge >= 0.3 is 0 Å². The van der Waals surface area contributed by atoms with Crippen molar-refractivity contribution in [3.8, 4) is 34.0 Å². The maximum atomic E-state index is 5.82. The molecule has 0 aliphatic heterocycles. The SMILES string of the molecule is Cc1ccc(-c2nnc(-c3ccc(-c4ccccc4)cc3)o2)cc1. The van der Waals surface area contributed by atoms with Crippen LogP contribution in [-0.4, -0.2) is 10.2 Å². The van der Waals surface area contributed by atoms with E-state index in [9.17, 15) is 0 Å². The summed E-state index contributed by atoms with van der Waals surface area (Å²) in [4.78, 5) is 0. The fraction of sp³-hybridized carbons (Fsp3) is 0.0476. The number of aromatic nitrogens is 2. The molecule has 0 atom stereocenters. The second-order valence-electron chi connectivity index (χ2n) is 5.72. The van der Waals surface area contributed by atoms with Crippen molar-refractivity contribution in [2.24, 2.45) is 0 Å². The van der Waals surface area contributed by atoms with E-state index in [4.69, 9.17) is 4.42 Å². The zero-order valence-electron chi connectivity index (χ0n) is 13.3. The van der Waals surface area contributed by atoms with Crippen molar-refractivity contribution in [1.82, 2.24) is 10.2 Å². The molecule has 1 aromatic heterocycles. The van der Waals surface area contributed by atoms with Crippen LogP contribution in [0.4, 0.5) is 0 Å². The monoisotopic (exact) mass is 312 g/mol. The minimum Gasteiger partial charge on any atom is -0.416 e. The fourth-order valence-electron chi connectivity index (χ4n) is 2.59. The maximum Gasteiger partial charge on any atom is 0.248 e. The van der Waals surface area contributed by atoms with Gasteiger partial charge in [-0.1, -0.05) is 60.2 Å². The summed E-state index contributed by atoms with van der Waals surface area (Å²) in [7, 11) is 0. The molecular formula is C21H16N2O. The number of hydrogen-bond donors (Lipinski definition) is 0. The Kier molecular flexibility index (Phi) is 3.67. The molecule has 4 aromatic rings. The van der Waals surface area contributed by atoms with Gasteiger partial charge in [0.2, 0.25) is 11.8 Å². The normalized spacial score (nSPS) is 10.7. The fourth-order valence-corrected chi connectivity index (χ4v) is 2.59. The van der Waals surface area contributed by atoms with Crippen molar-refractivity contribution < 1.29 is 4.42 Å². The number of benzene rings is 3. The summed E-state index contributed by atoms with van der Waals surface area (Å²) in [6.07, 6.45) is 0. The third-order valence-electron chi connectivity index (χ3n) is 3.96. The van der Waals surface area contributed by atoms with Crippen LogP contribution in [0.3, 0.4) is 0 Å². The topological polar surface area (TPSA) is 38.9 Å². The third kappa shape index (κ3) is 2.84. The van der Waals surface area contributed by atoms with Crippen LogP contribution in [0.5, 0.6) is 0 Å². The number of hydrogen-bond acceptors (Lipinski definition) is 3. The summed E-state index contributed by atoms with van der Waals surface area (Å²) in [5.41, 5.74) is 5.41. The van der Waals surface area contributed by atoms with E-state index in [1.165, 1.54) is 11.1 Å². The molecule has 4 rings (SSSR count). The van der Waals surface area contributed by atoms with Crippen molar-refractivity contribution in [1.29, 1.82) is 0 Å². The number of aryl methyl sites for hydroxylation is 1. The van der Waals surface area contributed by atoms with Crippen molar-refractivity contribution in [3.05, 3.63) is 84.4 Å². The molecular weight excluding hydrogens is 296 g/mol. The maximum absolute atomic E-state index is 5.82. The van der Waals surface area contributed by atoms with Gasteiger partial charge in [0.1, 0.15) is 0 Å². The highest BCUT2D eigenvalue weighted by Crippen LogP contribution is 2.26. The van der Waals surface area contributed by atoms with Gasteiger partial charge in [0.15, 0.2) is 0 Å². The summed E-state index contributed by atoms with van der Waals surface area (Å²) >= 11 is 0. The lowest BCUT2D eigenvalue weighted by Gasteiger charge is -2.02. The quantitative estimate of drug-likeness (QED) is 0.510. The molecule has 0 bridgehead atoms. The second kappa shape index (κ2) is 6.13. The molecule has 0 unspecified atom stereocenters. The second-order valence-corrected chi connectivity index (χ2v) is 5.72. The van der Waals surface area contributed by atoms with Crippen LogP contribution in [0, 0.1) is 6.92 Å². The third-order valence-corrected chi connectivity index (χ3v) is 3.96. The van der Waals surface area contributed by atoms with Crippen LogP contribution in [0.25, 0.3) is 34.0 Å². The minimum absolute atomic E-state index is 0.533. The van der Waals surface area contributed by atoms with Gasteiger partial charge in [0, 0.05) is 11.1 Å². The number of nitrogens with zero attached hydrogens (tertiary/aromatic N) is 2. The average Bonchev–Trinajstić information content (AvgIpc) is 3.13. The van der Waals surface area contributed by atoms with Crippen molar-refractivity contribution in [3.63, 3.8) is 0 Å². The Morgan fingerprint density at radius 3 is 1.58 bits per heavy atom. The average molecular weight is 312 g/mol. The lowest BCUT2D eigenvalue weighted by molar-refractivity contribution is 0.584. The standard InChI is InChI=1S/C21H16N2O/c1-15-7-9-18(10-8-15)20-22-23-21(24-20)19-13-11-17(12-14-19)16-5-3-2-4-6-16/h2-14H,1H3. The van der Waals surface area contributed by atoms with Crippen LogP contribution in [0.15, 0.2) is 83.3 Å². The first-order valence-electron chi connectivity index (χ1n) is 7.86. The molecule has 24 heavy (non-hydrogen) atoms. The molecule has 116 valence electrons. The summed E-state index contributed by atoms with van der Waals surface area (Å²) in [6.45, 7) is 2.05. The van der Waals surface area contributed by atoms with Crippen LogP contribution in [0.1, 0.15) is 5.56 Å². The summed E-state index contributed by atoms with van der Waals surface area (Å²) in [5.74, 6) is 1.07. The lowest BCUT2D eigenvalue weighted by Crippen LogP contribution is -1.80. The highest BCUT2D eigenvalue weighted by molar-refractivity contribution is 5.67. The largest absolute Gasteiger partial charge is 0.416 e. The molecule has 0 amide bonds. The molecule has 0 spiro atoms. The molecule has 0 aliphatic rings. The first kappa shape index (κ1) is 14.4. The van der Waals surface area contributed by atoms with Gasteiger partial charge in [-0.05, 0) is 42.3 Å². The van der Waals surface area contributed by atoms with Crippen LogP contribution < -0.4 is 0 Å². The van der Waals surface area contributed by atoms with E-state index in [0.29, 0.717) is 11.8 Å². The summed E-state index contributed by atoms with van der Waals surface area (Å²) in [5, 5.41) is 8.33. The molecule has 0 fully saturated rings. The van der Waals surface area contributed by atoms with Gasteiger partial charge in [0.05, 0.1) is 0 Å². The predicted octanol–water partition coefficient (Wildman–Crippen LogP) is 5.38. The first-order chi connectivity index (χ1) is 11.8. The highest BCUT2D eigenvalue weighted by Gasteiger charge is 2.10. The van der Waals surface area contributed by atoms with Crippen molar-refractivity contribution in [2.75, 3.05) is 0 Å². The number of rotatable bonds is 3. The van der Waals surface area contributed by atoms with E-state index >= 15 is 0 Å². The van der Waals surface area contributed by atoms with Crippen molar-refractivity contribution in [2.45, 2.75) is 6.92 Å². The summed E-state index contributed by atoms with van der Waals surface area (Å²) < 4.78 is 5.82. The molecule has 1 heterocycles. The summed E-state index contributed by atoms with van der Waals surface area (Å²) in [6, 6.07) is 26.5. The van der Waals surface area contributed by atoms with Gasteiger partial charge in [-0.3, -0.25) is 0 Å². The van der Waals surface area contributed by atoms with Crippen molar-refractivity contribution >= 4 is 0 Å². The molecule has 0 saturated heterocycles. The molecule has 0 radical (unpaired) electrons. The smallest absolute Gasteiger partial charge is 0.248 e. The first-order valence-corrected chi connectivity index (χ1v) is 7.86. The van der Waals surface area contributed by atoms with E-state index in [1.807, 2.05) is 54.6 Å². The molecule has 0 saturated carbocycles. The molecule has 3 aromatic carbocycles. The van der Waals surface area contributed by atoms with E-state index in [0.717, 1.165) is 16.7 Å². The Balaban J connectivity index is 1.62. The zero-order valence-corrected chi connectivity index (χ0v) is 13.3. The molecule has 0 aliphatic carbocycles. The lowest BCUT2D eigenvalue weighted by atomic mass is 10.0. The Hall–Kier alpha value is -3.20. The molecule has 0 N–H and O–H groups in total. The Morgan fingerprint density at radius 2 is 1.00 bits per heavy atom. The van der Waals surface area contributed by atoms with Crippen LogP contribution in [0.2, 0.25) is 0 Å². The van der Waals surface area contributed by atoms with E-state index < -0.39 is 0 Å². The van der Waals surface area contributed by atoms with E-state index in [1.54, 1.807) is 0 Å². The predicted molar refractivity (Wildman–Crippen MR) is 95.3 cm³/mol. The minimum atomic E-state index is 0.533. The van der Waals surface area contributed by atoms with Gasteiger partial charge in [-0.25, -0.2) is 0 Å². The van der Waals surface area contributed by atoms with E-state index in [2.05, 4.69) is 41.4 Å².